The van der Waals surface area contributed by atoms with Crippen molar-refractivity contribution in [2.75, 3.05) is 0 Å². The Labute approximate surface area is 131 Å². The first-order valence-corrected chi connectivity index (χ1v) is 9.33. The lowest BCUT2D eigenvalue weighted by Gasteiger charge is -2.57. The molecule has 3 fully saturated rings. The number of rotatable bonds is 0. The molecule has 0 aliphatic heterocycles. The molecule has 6 atom stereocenters. The van der Waals surface area contributed by atoms with Crippen LogP contribution in [-0.4, -0.2) is 0 Å². The van der Waals surface area contributed by atoms with Crippen molar-refractivity contribution in [3.05, 3.63) is 23.8 Å². The minimum atomic E-state index is 0.477. The van der Waals surface area contributed by atoms with E-state index in [1.54, 1.807) is 5.57 Å². The van der Waals surface area contributed by atoms with Crippen molar-refractivity contribution in [2.24, 2.45) is 34.5 Å². The Balaban J connectivity index is 1.69. The average Bonchev–Trinajstić information content (AvgIpc) is 2.76. The van der Waals surface area contributed by atoms with Crippen molar-refractivity contribution in [3.8, 4) is 0 Å². The van der Waals surface area contributed by atoms with E-state index in [9.17, 15) is 0 Å². The summed E-state index contributed by atoms with van der Waals surface area (Å²) in [6.07, 6.45) is 13.9. The van der Waals surface area contributed by atoms with Gasteiger partial charge in [-0.2, -0.15) is 0 Å². The molecule has 3 saturated carbocycles. The van der Waals surface area contributed by atoms with Crippen LogP contribution in [0.1, 0.15) is 72.1 Å². The van der Waals surface area contributed by atoms with Crippen molar-refractivity contribution < 1.29 is 0 Å². The molecule has 0 aromatic carbocycles. The van der Waals surface area contributed by atoms with E-state index in [0.717, 1.165) is 23.7 Å². The third-order valence-electron chi connectivity index (χ3n) is 8.30. The second-order valence-electron chi connectivity index (χ2n) is 9.21. The highest BCUT2D eigenvalue weighted by atomic mass is 14.6. The summed E-state index contributed by atoms with van der Waals surface area (Å²) in [7, 11) is 0. The van der Waals surface area contributed by atoms with Gasteiger partial charge in [-0.15, -0.1) is 0 Å². The van der Waals surface area contributed by atoms with Gasteiger partial charge in [-0.3, -0.25) is 0 Å². The van der Waals surface area contributed by atoms with Gasteiger partial charge in [0.2, 0.25) is 0 Å². The Hall–Kier alpha value is -0.520. The fourth-order valence-corrected chi connectivity index (χ4v) is 6.75. The Morgan fingerprint density at radius 1 is 1.05 bits per heavy atom. The minimum Gasteiger partial charge on any atom is -0.0993 e. The standard InChI is InChI=1S/C21H32/c1-14-9-11-21(4)16(13-14)6-7-17-18-8-5-15(2)20(18,3)12-10-19(17)21/h6,14,17-19H,2,5,7-13H2,1,3-4H3/t14-,17?,18?,19?,20?,21?/m0/s1. The van der Waals surface area contributed by atoms with Crippen LogP contribution in [0, 0.1) is 34.5 Å². The van der Waals surface area contributed by atoms with Crippen molar-refractivity contribution in [3.63, 3.8) is 0 Å². The molecule has 0 heteroatoms. The highest BCUT2D eigenvalue weighted by molar-refractivity contribution is 5.28. The molecule has 0 saturated heterocycles. The van der Waals surface area contributed by atoms with Crippen molar-refractivity contribution in [1.29, 1.82) is 0 Å². The molecule has 116 valence electrons. The molecule has 0 N–H and O–H groups in total. The zero-order chi connectivity index (χ0) is 14.8. The predicted molar refractivity (Wildman–Crippen MR) is 90.0 cm³/mol. The molecule has 4 aliphatic rings. The van der Waals surface area contributed by atoms with Crippen LogP contribution in [0.25, 0.3) is 0 Å². The maximum Gasteiger partial charge on any atom is -0.00851 e. The summed E-state index contributed by atoms with van der Waals surface area (Å²) in [5, 5.41) is 0. The normalized spacial score (nSPS) is 52.7. The first kappa shape index (κ1) is 14.1. The van der Waals surface area contributed by atoms with Crippen LogP contribution in [0.15, 0.2) is 23.8 Å². The van der Waals surface area contributed by atoms with E-state index in [-0.39, 0.29) is 0 Å². The van der Waals surface area contributed by atoms with Crippen LogP contribution in [-0.2, 0) is 0 Å². The topological polar surface area (TPSA) is 0 Å². The number of hydrogen-bond acceptors (Lipinski definition) is 0. The zero-order valence-corrected chi connectivity index (χ0v) is 14.3. The van der Waals surface area contributed by atoms with Gasteiger partial charge in [-0.25, -0.2) is 0 Å². The van der Waals surface area contributed by atoms with Crippen LogP contribution >= 0.6 is 0 Å². The summed E-state index contributed by atoms with van der Waals surface area (Å²) in [5.74, 6) is 3.76. The third-order valence-corrected chi connectivity index (χ3v) is 8.30. The molecule has 4 aliphatic carbocycles. The quantitative estimate of drug-likeness (QED) is 0.469. The van der Waals surface area contributed by atoms with Crippen LogP contribution in [0.3, 0.4) is 0 Å². The molecule has 0 nitrogen and oxygen atoms in total. The van der Waals surface area contributed by atoms with Gasteiger partial charge >= 0.3 is 0 Å². The van der Waals surface area contributed by atoms with E-state index in [1.807, 2.05) is 5.57 Å². The molecule has 4 rings (SSSR count). The first-order valence-electron chi connectivity index (χ1n) is 9.33. The number of hydrogen-bond donors (Lipinski definition) is 0. The predicted octanol–water partition coefficient (Wildman–Crippen LogP) is 6.14. The minimum absolute atomic E-state index is 0.477. The fraction of sp³-hybridized carbons (Fsp3) is 0.810. The second-order valence-corrected chi connectivity index (χ2v) is 9.21. The van der Waals surface area contributed by atoms with E-state index < -0.39 is 0 Å². The third kappa shape index (κ3) is 1.80. The molecule has 0 aromatic heterocycles. The molecule has 0 radical (unpaired) electrons. The van der Waals surface area contributed by atoms with Gasteiger partial charge in [0.25, 0.3) is 0 Å². The van der Waals surface area contributed by atoms with Crippen LogP contribution in [0.2, 0.25) is 0 Å². The van der Waals surface area contributed by atoms with E-state index in [4.69, 9.17) is 0 Å². The number of fused-ring (bicyclic) bond motifs is 5. The van der Waals surface area contributed by atoms with Gasteiger partial charge < -0.3 is 0 Å². The first-order chi connectivity index (χ1) is 9.95. The highest BCUT2D eigenvalue weighted by Gasteiger charge is 2.56. The fourth-order valence-electron chi connectivity index (χ4n) is 6.75. The van der Waals surface area contributed by atoms with Gasteiger partial charge in [-0.1, -0.05) is 44.6 Å². The van der Waals surface area contributed by atoms with Crippen LogP contribution < -0.4 is 0 Å². The SMILES string of the molecule is C=C1CCC2C3CC=C4C[C@@H](C)CCC4(C)C3CCC12C. The molecule has 0 aromatic rings. The van der Waals surface area contributed by atoms with Gasteiger partial charge in [0, 0.05) is 0 Å². The van der Waals surface area contributed by atoms with E-state index in [2.05, 4.69) is 33.4 Å². The Bertz CT molecular complexity index is 498. The molecule has 5 unspecified atom stereocenters. The summed E-state index contributed by atoms with van der Waals surface area (Å²) in [5.41, 5.74) is 4.43. The summed E-state index contributed by atoms with van der Waals surface area (Å²) in [6.45, 7) is 12.0. The van der Waals surface area contributed by atoms with Gasteiger partial charge in [0.05, 0.1) is 0 Å². The molecule has 0 amide bonds. The molecule has 0 heterocycles. The van der Waals surface area contributed by atoms with Crippen molar-refractivity contribution in [2.45, 2.75) is 72.1 Å². The zero-order valence-electron chi connectivity index (χ0n) is 14.3. The maximum absolute atomic E-state index is 4.44. The summed E-state index contributed by atoms with van der Waals surface area (Å²) in [4.78, 5) is 0. The maximum atomic E-state index is 4.44. The summed E-state index contributed by atoms with van der Waals surface area (Å²) >= 11 is 0. The van der Waals surface area contributed by atoms with Gasteiger partial charge in [0.1, 0.15) is 0 Å². The molecular weight excluding hydrogens is 252 g/mol. The van der Waals surface area contributed by atoms with Gasteiger partial charge in [0.15, 0.2) is 0 Å². The average molecular weight is 284 g/mol. The van der Waals surface area contributed by atoms with Crippen LogP contribution in [0.5, 0.6) is 0 Å². The van der Waals surface area contributed by atoms with E-state index >= 15 is 0 Å². The van der Waals surface area contributed by atoms with Gasteiger partial charge in [-0.05, 0) is 85.9 Å². The lowest BCUT2D eigenvalue weighted by atomic mass is 9.47. The molecule has 0 bridgehead atoms. The number of allylic oxidation sites excluding steroid dienone is 3. The van der Waals surface area contributed by atoms with Crippen LogP contribution in [0.4, 0.5) is 0 Å². The summed E-state index contributed by atoms with van der Waals surface area (Å²) in [6, 6.07) is 0. The smallest absolute Gasteiger partial charge is 0.00851 e. The highest BCUT2D eigenvalue weighted by Crippen LogP contribution is 2.66. The summed E-state index contributed by atoms with van der Waals surface area (Å²) < 4.78 is 0. The van der Waals surface area contributed by atoms with Crippen molar-refractivity contribution >= 4 is 0 Å². The van der Waals surface area contributed by atoms with E-state index in [1.165, 1.54) is 51.4 Å². The molecule has 0 spiro atoms. The van der Waals surface area contributed by atoms with Crippen molar-refractivity contribution in [1.82, 2.24) is 0 Å². The second kappa shape index (κ2) is 4.49. The Morgan fingerprint density at radius 3 is 2.57 bits per heavy atom. The molecular formula is C21H32. The lowest BCUT2D eigenvalue weighted by molar-refractivity contribution is -0.0172. The lowest BCUT2D eigenvalue weighted by Crippen LogP contribution is -2.48. The molecule has 21 heavy (non-hydrogen) atoms. The Kier molecular flexibility index (Phi) is 3.02. The Morgan fingerprint density at radius 2 is 1.76 bits per heavy atom. The largest absolute Gasteiger partial charge is 0.0993 e. The van der Waals surface area contributed by atoms with E-state index in [0.29, 0.717) is 10.8 Å². The monoisotopic (exact) mass is 284 g/mol.